The average molecular weight is 247 g/mol. The average Bonchev–Trinajstić information content (AvgIpc) is 2.31. The molecule has 1 heterocycles. The van der Waals surface area contributed by atoms with Gasteiger partial charge in [0, 0.05) is 17.5 Å². The molecule has 0 saturated heterocycles. The van der Waals surface area contributed by atoms with Crippen molar-refractivity contribution in [2.75, 3.05) is 13.2 Å². The van der Waals surface area contributed by atoms with Crippen LogP contribution >= 0.6 is 0 Å². The van der Waals surface area contributed by atoms with Gasteiger partial charge in [0.15, 0.2) is 0 Å². The highest BCUT2D eigenvalue weighted by molar-refractivity contribution is 5.48. The van der Waals surface area contributed by atoms with E-state index in [0.29, 0.717) is 12.0 Å². The second-order valence-corrected chi connectivity index (χ2v) is 6.30. The maximum Gasteiger partial charge on any atom is 0.127 e. The first-order chi connectivity index (χ1) is 8.45. The zero-order valence-electron chi connectivity index (χ0n) is 12.2. The number of nitrogens with one attached hydrogen (secondary N) is 1. The third kappa shape index (κ3) is 2.39. The first-order valence-corrected chi connectivity index (χ1v) is 6.94. The van der Waals surface area contributed by atoms with Gasteiger partial charge in [-0.2, -0.15) is 0 Å². The van der Waals surface area contributed by atoms with Gasteiger partial charge in [0.05, 0.1) is 6.61 Å². The van der Waals surface area contributed by atoms with Crippen molar-refractivity contribution in [3.8, 4) is 5.75 Å². The lowest BCUT2D eigenvalue weighted by molar-refractivity contribution is 0.186. The Morgan fingerprint density at radius 1 is 1.33 bits per heavy atom. The molecule has 1 aliphatic rings. The lowest BCUT2D eigenvalue weighted by Crippen LogP contribution is -2.34. The fourth-order valence-electron chi connectivity index (χ4n) is 2.70. The predicted octanol–water partition coefficient (Wildman–Crippen LogP) is 3.66. The number of benzene rings is 1. The van der Waals surface area contributed by atoms with Gasteiger partial charge in [0.25, 0.3) is 0 Å². The van der Waals surface area contributed by atoms with Crippen molar-refractivity contribution in [2.24, 2.45) is 5.92 Å². The van der Waals surface area contributed by atoms with Gasteiger partial charge < -0.3 is 10.1 Å². The molecule has 0 radical (unpaired) electrons. The fourth-order valence-corrected chi connectivity index (χ4v) is 2.70. The van der Waals surface area contributed by atoms with Crippen LogP contribution in [-0.2, 0) is 5.41 Å². The van der Waals surface area contributed by atoms with E-state index in [4.69, 9.17) is 4.74 Å². The third-order valence-electron chi connectivity index (χ3n) is 3.67. The second-order valence-electron chi connectivity index (χ2n) is 6.30. The minimum Gasteiger partial charge on any atom is -0.493 e. The van der Waals surface area contributed by atoms with E-state index in [1.807, 2.05) is 0 Å². The minimum absolute atomic E-state index is 0.128. The molecule has 1 aliphatic heterocycles. The molecule has 1 aromatic rings. The van der Waals surface area contributed by atoms with Gasteiger partial charge in [0.1, 0.15) is 5.75 Å². The Hall–Kier alpha value is -1.02. The summed E-state index contributed by atoms with van der Waals surface area (Å²) < 4.78 is 6.03. The third-order valence-corrected chi connectivity index (χ3v) is 3.67. The van der Waals surface area contributed by atoms with Gasteiger partial charge in [-0.3, -0.25) is 0 Å². The smallest absolute Gasteiger partial charge is 0.127 e. The van der Waals surface area contributed by atoms with Gasteiger partial charge in [-0.15, -0.1) is 0 Å². The van der Waals surface area contributed by atoms with Crippen LogP contribution < -0.4 is 10.1 Å². The van der Waals surface area contributed by atoms with Crippen LogP contribution in [0.2, 0.25) is 0 Å². The molecule has 0 spiro atoms. The molecular weight excluding hydrogens is 222 g/mol. The van der Waals surface area contributed by atoms with Crippen LogP contribution in [-0.4, -0.2) is 13.2 Å². The van der Waals surface area contributed by atoms with E-state index in [0.717, 1.165) is 18.9 Å². The summed E-state index contributed by atoms with van der Waals surface area (Å²) in [7, 11) is 0. The van der Waals surface area contributed by atoms with Crippen LogP contribution in [0.3, 0.4) is 0 Å². The first-order valence-electron chi connectivity index (χ1n) is 6.94. The van der Waals surface area contributed by atoms with Crippen LogP contribution in [0.15, 0.2) is 18.2 Å². The molecule has 1 aromatic carbocycles. The Labute approximate surface area is 111 Å². The Balaban J connectivity index is 2.48. The van der Waals surface area contributed by atoms with E-state index < -0.39 is 0 Å². The van der Waals surface area contributed by atoms with Gasteiger partial charge in [-0.05, 0) is 17.5 Å². The van der Waals surface area contributed by atoms with E-state index in [9.17, 15) is 0 Å². The number of fused-ring (bicyclic) bond motifs is 1. The van der Waals surface area contributed by atoms with Crippen LogP contribution in [0.1, 0.15) is 51.8 Å². The van der Waals surface area contributed by atoms with Crippen molar-refractivity contribution in [3.05, 3.63) is 29.3 Å². The molecule has 0 saturated carbocycles. The molecule has 2 unspecified atom stereocenters. The molecule has 2 atom stereocenters. The standard InChI is InChI=1S/C16H25NO/c1-6-17-14-11(2)10-18-15-12(14)8-7-9-13(15)16(3,4)5/h7-9,11,14,17H,6,10H2,1-5H3. The molecule has 18 heavy (non-hydrogen) atoms. The zero-order valence-corrected chi connectivity index (χ0v) is 12.2. The second kappa shape index (κ2) is 4.93. The summed E-state index contributed by atoms with van der Waals surface area (Å²) in [6, 6.07) is 6.97. The Kier molecular flexibility index (Phi) is 3.67. The number of para-hydroxylation sites is 1. The van der Waals surface area contributed by atoms with E-state index in [1.165, 1.54) is 11.1 Å². The molecule has 0 amide bonds. The monoisotopic (exact) mass is 247 g/mol. The van der Waals surface area contributed by atoms with E-state index in [1.54, 1.807) is 0 Å². The van der Waals surface area contributed by atoms with Crippen molar-refractivity contribution in [2.45, 2.75) is 46.1 Å². The van der Waals surface area contributed by atoms with E-state index in [2.05, 4.69) is 58.1 Å². The highest BCUT2D eigenvalue weighted by Gasteiger charge is 2.31. The number of ether oxygens (including phenoxy) is 1. The summed E-state index contributed by atoms with van der Waals surface area (Å²) in [6.07, 6.45) is 0. The summed E-state index contributed by atoms with van der Waals surface area (Å²) in [5.41, 5.74) is 2.76. The molecular formula is C16H25NO. The maximum atomic E-state index is 6.03. The fraction of sp³-hybridized carbons (Fsp3) is 0.625. The van der Waals surface area contributed by atoms with Crippen molar-refractivity contribution < 1.29 is 4.74 Å². The lowest BCUT2D eigenvalue weighted by Gasteiger charge is -2.35. The Morgan fingerprint density at radius 2 is 2.06 bits per heavy atom. The van der Waals surface area contributed by atoms with Crippen molar-refractivity contribution in [1.29, 1.82) is 0 Å². The largest absolute Gasteiger partial charge is 0.493 e. The van der Waals surface area contributed by atoms with Crippen LogP contribution in [0.5, 0.6) is 5.75 Å². The molecule has 2 rings (SSSR count). The van der Waals surface area contributed by atoms with Crippen LogP contribution in [0.25, 0.3) is 0 Å². The molecule has 2 heteroatoms. The molecule has 2 nitrogen and oxygen atoms in total. The van der Waals surface area contributed by atoms with E-state index in [-0.39, 0.29) is 5.41 Å². The van der Waals surface area contributed by atoms with Crippen molar-refractivity contribution in [1.82, 2.24) is 5.32 Å². The van der Waals surface area contributed by atoms with Crippen molar-refractivity contribution in [3.63, 3.8) is 0 Å². The summed E-state index contributed by atoms with van der Waals surface area (Å²) >= 11 is 0. The topological polar surface area (TPSA) is 21.3 Å². The SMILES string of the molecule is CCNC1c2cccc(C(C)(C)C)c2OCC1C. The first kappa shape index (κ1) is 13.4. The predicted molar refractivity (Wildman–Crippen MR) is 76.2 cm³/mol. The zero-order chi connectivity index (χ0) is 13.3. The molecule has 100 valence electrons. The van der Waals surface area contributed by atoms with Crippen molar-refractivity contribution >= 4 is 0 Å². The molecule has 0 bridgehead atoms. The Bertz CT molecular complexity index is 420. The number of hydrogen-bond donors (Lipinski definition) is 1. The van der Waals surface area contributed by atoms with Crippen LogP contribution in [0.4, 0.5) is 0 Å². The molecule has 0 fully saturated rings. The lowest BCUT2D eigenvalue weighted by atomic mass is 9.82. The summed E-state index contributed by atoms with van der Waals surface area (Å²) in [4.78, 5) is 0. The Morgan fingerprint density at radius 3 is 2.67 bits per heavy atom. The minimum atomic E-state index is 0.128. The highest BCUT2D eigenvalue weighted by Crippen LogP contribution is 2.41. The van der Waals surface area contributed by atoms with Gasteiger partial charge >= 0.3 is 0 Å². The van der Waals surface area contributed by atoms with Gasteiger partial charge in [-0.1, -0.05) is 52.8 Å². The summed E-state index contributed by atoms with van der Waals surface area (Å²) in [5, 5.41) is 3.59. The number of hydrogen-bond acceptors (Lipinski definition) is 2. The van der Waals surface area contributed by atoms with Gasteiger partial charge in [-0.25, -0.2) is 0 Å². The molecule has 0 aliphatic carbocycles. The highest BCUT2D eigenvalue weighted by atomic mass is 16.5. The quantitative estimate of drug-likeness (QED) is 0.861. The normalized spacial score (nSPS) is 23.4. The summed E-state index contributed by atoms with van der Waals surface area (Å²) in [6.45, 7) is 12.9. The van der Waals surface area contributed by atoms with E-state index >= 15 is 0 Å². The molecule has 0 aromatic heterocycles. The molecule has 1 N–H and O–H groups in total. The summed E-state index contributed by atoms with van der Waals surface area (Å²) in [5.74, 6) is 1.63. The maximum absolute atomic E-state index is 6.03. The number of rotatable bonds is 2. The van der Waals surface area contributed by atoms with Crippen LogP contribution in [0, 0.1) is 5.92 Å². The van der Waals surface area contributed by atoms with Gasteiger partial charge in [0.2, 0.25) is 0 Å².